The SMILES string of the molecule is CCCNC(C)C(C)Sc1cccs1. The van der Waals surface area contributed by atoms with E-state index in [1.165, 1.54) is 10.6 Å². The zero-order chi connectivity index (χ0) is 10.4. The molecule has 0 saturated heterocycles. The lowest BCUT2D eigenvalue weighted by atomic mass is 10.2. The molecule has 2 atom stereocenters. The zero-order valence-electron chi connectivity index (χ0n) is 9.12. The van der Waals surface area contributed by atoms with Crippen LogP contribution in [0.15, 0.2) is 21.7 Å². The van der Waals surface area contributed by atoms with Gasteiger partial charge < -0.3 is 5.32 Å². The Labute approximate surface area is 95.3 Å². The van der Waals surface area contributed by atoms with Crippen LogP contribution >= 0.6 is 23.1 Å². The molecule has 1 heterocycles. The minimum absolute atomic E-state index is 0.585. The number of nitrogens with one attached hydrogen (secondary N) is 1. The van der Waals surface area contributed by atoms with Crippen LogP contribution in [0.2, 0.25) is 0 Å². The molecule has 0 saturated carbocycles. The minimum Gasteiger partial charge on any atom is -0.313 e. The van der Waals surface area contributed by atoms with Crippen LogP contribution in [0.25, 0.3) is 0 Å². The highest BCUT2D eigenvalue weighted by Crippen LogP contribution is 2.28. The van der Waals surface area contributed by atoms with Crippen molar-refractivity contribution in [3.05, 3.63) is 17.5 Å². The van der Waals surface area contributed by atoms with Crippen LogP contribution < -0.4 is 5.32 Å². The molecule has 2 unspecified atom stereocenters. The van der Waals surface area contributed by atoms with Gasteiger partial charge in [-0.2, -0.15) is 0 Å². The molecule has 0 aromatic carbocycles. The van der Waals surface area contributed by atoms with Crippen molar-refractivity contribution in [2.45, 2.75) is 42.7 Å². The second kappa shape index (κ2) is 6.49. The average molecular weight is 229 g/mol. The van der Waals surface area contributed by atoms with Gasteiger partial charge in [0.25, 0.3) is 0 Å². The molecule has 1 aromatic rings. The van der Waals surface area contributed by atoms with E-state index in [2.05, 4.69) is 43.6 Å². The van der Waals surface area contributed by atoms with Gasteiger partial charge in [-0.1, -0.05) is 19.9 Å². The molecule has 0 bridgehead atoms. The molecule has 0 aliphatic rings. The third-order valence-electron chi connectivity index (χ3n) is 2.22. The molecule has 1 aromatic heterocycles. The molecule has 0 radical (unpaired) electrons. The molecule has 3 heteroatoms. The highest BCUT2D eigenvalue weighted by molar-refractivity contribution is 8.01. The van der Waals surface area contributed by atoms with Crippen LogP contribution in [-0.2, 0) is 0 Å². The van der Waals surface area contributed by atoms with E-state index >= 15 is 0 Å². The van der Waals surface area contributed by atoms with Gasteiger partial charge in [-0.05, 0) is 31.3 Å². The summed E-state index contributed by atoms with van der Waals surface area (Å²) in [5.41, 5.74) is 0. The lowest BCUT2D eigenvalue weighted by Crippen LogP contribution is -2.34. The minimum atomic E-state index is 0.585. The van der Waals surface area contributed by atoms with Crippen LogP contribution in [0.5, 0.6) is 0 Å². The van der Waals surface area contributed by atoms with Crippen molar-refractivity contribution in [1.29, 1.82) is 0 Å². The fourth-order valence-corrected chi connectivity index (χ4v) is 3.27. The van der Waals surface area contributed by atoms with E-state index in [1.807, 2.05) is 23.1 Å². The van der Waals surface area contributed by atoms with Gasteiger partial charge >= 0.3 is 0 Å². The highest BCUT2D eigenvalue weighted by atomic mass is 32.2. The Kier molecular flexibility index (Phi) is 5.60. The van der Waals surface area contributed by atoms with E-state index in [4.69, 9.17) is 0 Å². The van der Waals surface area contributed by atoms with Crippen molar-refractivity contribution in [2.75, 3.05) is 6.54 Å². The predicted octanol–water partition coefficient (Wildman–Crippen LogP) is 3.62. The molecule has 1 N–H and O–H groups in total. The van der Waals surface area contributed by atoms with E-state index in [-0.39, 0.29) is 0 Å². The number of thiophene rings is 1. The summed E-state index contributed by atoms with van der Waals surface area (Å²) in [4.78, 5) is 0. The first-order valence-electron chi connectivity index (χ1n) is 5.17. The van der Waals surface area contributed by atoms with Gasteiger partial charge in [-0.15, -0.1) is 23.1 Å². The Bertz CT molecular complexity index is 233. The highest BCUT2D eigenvalue weighted by Gasteiger charge is 2.12. The zero-order valence-corrected chi connectivity index (χ0v) is 10.8. The van der Waals surface area contributed by atoms with Gasteiger partial charge in [0.1, 0.15) is 0 Å². The summed E-state index contributed by atoms with van der Waals surface area (Å²) in [6.07, 6.45) is 1.21. The quantitative estimate of drug-likeness (QED) is 0.748. The first kappa shape index (κ1) is 12.1. The van der Waals surface area contributed by atoms with Crippen molar-refractivity contribution >= 4 is 23.1 Å². The molecular weight excluding hydrogens is 210 g/mol. The van der Waals surface area contributed by atoms with Crippen LogP contribution in [0, 0.1) is 0 Å². The normalized spacial score (nSPS) is 15.4. The van der Waals surface area contributed by atoms with Crippen molar-refractivity contribution in [3.8, 4) is 0 Å². The van der Waals surface area contributed by atoms with Crippen LogP contribution in [0.4, 0.5) is 0 Å². The smallest absolute Gasteiger partial charge is 0.0601 e. The van der Waals surface area contributed by atoms with E-state index in [0.29, 0.717) is 11.3 Å². The van der Waals surface area contributed by atoms with Crippen molar-refractivity contribution in [2.24, 2.45) is 0 Å². The first-order chi connectivity index (χ1) is 6.74. The third kappa shape index (κ3) is 4.03. The maximum absolute atomic E-state index is 3.53. The van der Waals surface area contributed by atoms with E-state index in [9.17, 15) is 0 Å². The fraction of sp³-hybridized carbons (Fsp3) is 0.636. The maximum atomic E-state index is 3.53. The maximum Gasteiger partial charge on any atom is 0.0601 e. The molecule has 0 spiro atoms. The van der Waals surface area contributed by atoms with Gasteiger partial charge in [0.2, 0.25) is 0 Å². The Balaban J connectivity index is 2.30. The number of hydrogen-bond donors (Lipinski definition) is 1. The fourth-order valence-electron chi connectivity index (χ4n) is 1.15. The second-order valence-electron chi connectivity index (χ2n) is 3.50. The summed E-state index contributed by atoms with van der Waals surface area (Å²) in [6.45, 7) is 7.88. The largest absolute Gasteiger partial charge is 0.313 e. The van der Waals surface area contributed by atoms with Crippen LogP contribution in [-0.4, -0.2) is 17.8 Å². The molecule has 80 valence electrons. The van der Waals surface area contributed by atoms with Crippen molar-refractivity contribution in [1.82, 2.24) is 5.32 Å². The first-order valence-corrected chi connectivity index (χ1v) is 6.93. The Morgan fingerprint density at radius 2 is 2.29 bits per heavy atom. The Morgan fingerprint density at radius 1 is 1.50 bits per heavy atom. The molecule has 1 rings (SSSR count). The molecule has 0 fully saturated rings. The monoisotopic (exact) mass is 229 g/mol. The van der Waals surface area contributed by atoms with Gasteiger partial charge in [-0.25, -0.2) is 0 Å². The molecule has 0 aliphatic heterocycles. The average Bonchev–Trinajstić information content (AvgIpc) is 2.66. The van der Waals surface area contributed by atoms with Crippen LogP contribution in [0.3, 0.4) is 0 Å². The van der Waals surface area contributed by atoms with Gasteiger partial charge in [0.05, 0.1) is 4.21 Å². The summed E-state index contributed by atoms with van der Waals surface area (Å²) in [5.74, 6) is 0. The molecule has 14 heavy (non-hydrogen) atoms. The van der Waals surface area contributed by atoms with Gasteiger partial charge in [0, 0.05) is 11.3 Å². The van der Waals surface area contributed by atoms with E-state index in [0.717, 1.165) is 6.54 Å². The number of hydrogen-bond acceptors (Lipinski definition) is 3. The predicted molar refractivity (Wildman–Crippen MR) is 67.4 cm³/mol. The van der Waals surface area contributed by atoms with E-state index in [1.54, 1.807) is 0 Å². The summed E-state index contributed by atoms with van der Waals surface area (Å²) in [5, 5.41) is 6.31. The lowest BCUT2D eigenvalue weighted by molar-refractivity contribution is 0.542. The summed E-state index contributed by atoms with van der Waals surface area (Å²) in [6, 6.07) is 4.89. The van der Waals surface area contributed by atoms with E-state index < -0.39 is 0 Å². The molecule has 0 aliphatic carbocycles. The third-order valence-corrected chi connectivity index (χ3v) is 4.60. The molecular formula is C11H19NS2. The Morgan fingerprint density at radius 3 is 2.86 bits per heavy atom. The number of thioether (sulfide) groups is 1. The molecule has 0 amide bonds. The van der Waals surface area contributed by atoms with Gasteiger partial charge in [0.15, 0.2) is 0 Å². The van der Waals surface area contributed by atoms with Crippen LogP contribution in [0.1, 0.15) is 27.2 Å². The molecule has 1 nitrogen and oxygen atoms in total. The topological polar surface area (TPSA) is 12.0 Å². The van der Waals surface area contributed by atoms with Crippen molar-refractivity contribution < 1.29 is 0 Å². The second-order valence-corrected chi connectivity index (χ2v) is 6.12. The van der Waals surface area contributed by atoms with Gasteiger partial charge in [-0.3, -0.25) is 0 Å². The number of rotatable bonds is 6. The summed E-state index contributed by atoms with van der Waals surface area (Å²) >= 11 is 3.79. The standard InChI is InChI=1S/C11H19NS2/c1-4-7-12-9(2)10(3)14-11-6-5-8-13-11/h5-6,8-10,12H,4,7H2,1-3H3. The lowest BCUT2D eigenvalue weighted by Gasteiger charge is -2.19. The summed E-state index contributed by atoms with van der Waals surface area (Å²) < 4.78 is 1.42. The Hall–Kier alpha value is 0.01000. The van der Waals surface area contributed by atoms with Crippen molar-refractivity contribution in [3.63, 3.8) is 0 Å². The summed E-state index contributed by atoms with van der Waals surface area (Å²) in [7, 11) is 0.